The van der Waals surface area contributed by atoms with Gasteiger partial charge in [0.2, 0.25) is 5.95 Å². The maximum atomic E-state index is 13.5. The van der Waals surface area contributed by atoms with Crippen LogP contribution in [0.25, 0.3) is 0 Å². The molecule has 1 fully saturated rings. The zero-order valence-electron chi connectivity index (χ0n) is 21.4. The molecule has 6 nitrogen and oxygen atoms in total. The van der Waals surface area contributed by atoms with Crippen LogP contribution in [0.1, 0.15) is 59.5 Å². The zero-order valence-corrected chi connectivity index (χ0v) is 23.8. The third-order valence-corrected chi connectivity index (χ3v) is 7.52. The number of nitrogens with two attached hydrogens (primary N) is 1. The number of benzene rings is 1. The van der Waals surface area contributed by atoms with Crippen LogP contribution < -0.4 is 10.6 Å². The molecule has 0 radical (unpaired) electrons. The lowest BCUT2D eigenvalue weighted by Crippen LogP contribution is -2.26. The summed E-state index contributed by atoms with van der Waals surface area (Å²) in [5, 5.41) is 0.565. The molecule has 0 bridgehead atoms. The van der Waals surface area contributed by atoms with Gasteiger partial charge in [-0.2, -0.15) is 26.3 Å². The number of rotatable bonds is 11. The van der Waals surface area contributed by atoms with E-state index in [1.54, 1.807) is 6.20 Å². The summed E-state index contributed by atoms with van der Waals surface area (Å²) in [6, 6.07) is 1.56. The first-order valence-electron chi connectivity index (χ1n) is 12.5. The number of hydrogen-bond acceptors (Lipinski definition) is 7. The molecular weight excluding hydrogens is 622 g/mol. The van der Waals surface area contributed by atoms with Crippen molar-refractivity contribution in [1.82, 2.24) is 19.9 Å². The Morgan fingerprint density at radius 2 is 1.60 bits per heavy atom. The van der Waals surface area contributed by atoms with Gasteiger partial charge in [0.05, 0.1) is 21.3 Å². The Balaban J connectivity index is 1.77. The molecule has 1 aromatic carbocycles. The number of alkyl halides is 6. The molecule has 4 rings (SSSR count). The van der Waals surface area contributed by atoms with E-state index in [4.69, 9.17) is 10.7 Å². The highest BCUT2D eigenvalue weighted by atomic mass is 79.9. The molecular formula is C26H27BrF6N6S. The molecule has 0 amide bonds. The van der Waals surface area contributed by atoms with Crippen LogP contribution in [0.15, 0.2) is 46.4 Å². The Bertz CT molecular complexity index is 1270. The van der Waals surface area contributed by atoms with Crippen LogP contribution in [0, 0.1) is 5.92 Å². The summed E-state index contributed by atoms with van der Waals surface area (Å²) in [6.45, 7) is 0.191. The Labute approximate surface area is 240 Å². The lowest BCUT2D eigenvalue weighted by molar-refractivity contribution is -0.143. The predicted octanol–water partition coefficient (Wildman–Crippen LogP) is 7.23. The first-order valence-corrected chi connectivity index (χ1v) is 14.5. The van der Waals surface area contributed by atoms with Crippen LogP contribution >= 0.6 is 27.7 Å². The first-order chi connectivity index (χ1) is 18.9. The van der Waals surface area contributed by atoms with Gasteiger partial charge < -0.3 is 10.6 Å². The van der Waals surface area contributed by atoms with E-state index < -0.39 is 23.5 Å². The molecule has 2 aromatic heterocycles. The maximum Gasteiger partial charge on any atom is 0.416 e. The van der Waals surface area contributed by atoms with Crippen LogP contribution in [0.5, 0.6) is 0 Å². The number of nitrogens with zero attached hydrogens (tertiary/aromatic N) is 5. The number of anilines is 1. The van der Waals surface area contributed by atoms with Crippen LogP contribution in [0.3, 0.4) is 0 Å². The van der Waals surface area contributed by atoms with E-state index in [1.165, 1.54) is 29.1 Å². The molecule has 1 unspecified atom stereocenters. The highest BCUT2D eigenvalue weighted by Gasteiger charge is 2.37. The van der Waals surface area contributed by atoms with Gasteiger partial charge in [-0.3, -0.25) is 0 Å². The van der Waals surface area contributed by atoms with Crippen molar-refractivity contribution >= 4 is 33.6 Å². The number of thioether (sulfide) groups is 1. The van der Waals surface area contributed by atoms with E-state index in [2.05, 4.69) is 30.9 Å². The van der Waals surface area contributed by atoms with Gasteiger partial charge in [0.15, 0.2) is 5.16 Å². The summed E-state index contributed by atoms with van der Waals surface area (Å²) in [7, 11) is 0. The zero-order chi connectivity index (χ0) is 29.1. The topological polar surface area (TPSA) is 80.8 Å². The fourth-order valence-electron chi connectivity index (χ4n) is 4.50. The van der Waals surface area contributed by atoms with E-state index in [0.717, 1.165) is 37.1 Å². The van der Waals surface area contributed by atoms with Crippen molar-refractivity contribution in [3.8, 4) is 0 Å². The monoisotopic (exact) mass is 648 g/mol. The summed E-state index contributed by atoms with van der Waals surface area (Å²) >= 11 is 4.63. The fraction of sp³-hybridized carbons (Fsp3) is 0.462. The van der Waals surface area contributed by atoms with Gasteiger partial charge in [0.25, 0.3) is 0 Å². The van der Waals surface area contributed by atoms with E-state index in [0.29, 0.717) is 34.1 Å². The average Bonchev–Trinajstić information content (AvgIpc) is 3.72. The largest absolute Gasteiger partial charge is 0.416 e. The molecule has 2 N–H and O–H groups in total. The Morgan fingerprint density at radius 3 is 2.12 bits per heavy atom. The molecule has 40 heavy (non-hydrogen) atoms. The van der Waals surface area contributed by atoms with Crippen LogP contribution in [0.2, 0.25) is 0 Å². The summed E-state index contributed by atoms with van der Waals surface area (Å²) < 4.78 is 81.8. The quantitative estimate of drug-likeness (QED) is 0.133. The fourth-order valence-corrected chi connectivity index (χ4v) is 5.06. The molecule has 0 saturated heterocycles. The SMILES string of the molecule is CSc1ncc(CN(Cc2cc(C(F)(F)F)cc(C(F)(F)F)c2)c2ncc(Br)cn2)c(C(CCN)CC2CC2)n1. The minimum Gasteiger partial charge on any atom is -0.332 e. The van der Waals surface area contributed by atoms with Crippen LogP contribution in [-0.2, 0) is 25.4 Å². The number of halogens is 7. The minimum absolute atomic E-state index is 0.0412. The van der Waals surface area contributed by atoms with E-state index >= 15 is 0 Å². The van der Waals surface area contributed by atoms with Crippen molar-refractivity contribution in [3.63, 3.8) is 0 Å². The lowest BCUT2D eigenvalue weighted by atomic mass is 9.91. The van der Waals surface area contributed by atoms with Gasteiger partial charge in [0.1, 0.15) is 0 Å². The third kappa shape index (κ3) is 8.06. The average molecular weight is 650 g/mol. The lowest BCUT2D eigenvalue weighted by Gasteiger charge is -2.26. The van der Waals surface area contributed by atoms with Crippen molar-refractivity contribution < 1.29 is 26.3 Å². The van der Waals surface area contributed by atoms with Gasteiger partial charge in [-0.1, -0.05) is 24.6 Å². The smallest absolute Gasteiger partial charge is 0.332 e. The second kappa shape index (κ2) is 12.6. The van der Waals surface area contributed by atoms with Gasteiger partial charge in [0, 0.05) is 43.2 Å². The molecule has 216 valence electrons. The van der Waals surface area contributed by atoms with Crippen molar-refractivity contribution in [2.75, 3.05) is 17.7 Å². The van der Waals surface area contributed by atoms with Crippen LogP contribution in [-0.4, -0.2) is 32.7 Å². The molecule has 0 spiro atoms. The first kappa shape index (κ1) is 30.5. The standard InChI is InChI=1S/C26H27BrF6N6S/c1-40-24-37-10-18(22(38-24)17(4-5-34)6-15-2-3-15)14-39(23-35-11-21(27)12-36-23)13-16-7-19(25(28,29)30)9-20(8-16)26(31,32)33/h7-12,15,17H,2-6,13-14,34H2,1H3. The Hall–Kier alpha value is -2.45. The van der Waals surface area contributed by atoms with Gasteiger partial charge in [-0.15, -0.1) is 0 Å². The van der Waals surface area contributed by atoms with Crippen molar-refractivity contribution in [2.45, 2.75) is 62.2 Å². The van der Waals surface area contributed by atoms with Crippen molar-refractivity contribution in [3.05, 3.63) is 69.2 Å². The number of aromatic nitrogens is 4. The van der Waals surface area contributed by atoms with Crippen molar-refractivity contribution in [1.29, 1.82) is 0 Å². The molecule has 2 heterocycles. The second-order valence-electron chi connectivity index (χ2n) is 9.69. The predicted molar refractivity (Wildman–Crippen MR) is 144 cm³/mol. The second-order valence-corrected chi connectivity index (χ2v) is 11.4. The molecule has 1 aliphatic rings. The third-order valence-electron chi connectivity index (χ3n) is 6.55. The highest BCUT2D eigenvalue weighted by Crippen LogP contribution is 2.41. The minimum atomic E-state index is -4.96. The van der Waals surface area contributed by atoms with Gasteiger partial charge in [-0.05, 0) is 71.3 Å². The summed E-state index contributed by atoms with van der Waals surface area (Å²) in [5.41, 5.74) is 4.44. The normalized spacial score (nSPS) is 14.8. The maximum absolute atomic E-state index is 13.5. The van der Waals surface area contributed by atoms with Crippen molar-refractivity contribution in [2.24, 2.45) is 11.7 Å². The van der Waals surface area contributed by atoms with E-state index in [-0.39, 0.29) is 36.6 Å². The summed E-state index contributed by atoms with van der Waals surface area (Å²) in [6.07, 6.45) is 0.360. The molecule has 1 atom stereocenters. The van der Waals surface area contributed by atoms with E-state index in [9.17, 15) is 26.3 Å². The molecule has 3 aromatic rings. The van der Waals surface area contributed by atoms with E-state index in [1.807, 2.05) is 6.26 Å². The van der Waals surface area contributed by atoms with Crippen LogP contribution in [0.4, 0.5) is 32.3 Å². The highest BCUT2D eigenvalue weighted by molar-refractivity contribution is 9.10. The molecule has 1 saturated carbocycles. The number of hydrogen-bond donors (Lipinski definition) is 1. The molecule has 14 heteroatoms. The molecule has 1 aliphatic carbocycles. The summed E-state index contributed by atoms with van der Waals surface area (Å²) in [5.74, 6) is 0.750. The Kier molecular flexibility index (Phi) is 9.61. The molecule has 0 aliphatic heterocycles. The Morgan fingerprint density at radius 1 is 0.975 bits per heavy atom. The van der Waals surface area contributed by atoms with Gasteiger partial charge in [-0.25, -0.2) is 19.9 Å². The van der Waals surface area contributed by atoms with Gasteiger partial charge >= 0.3 is 12.4 Å². The summed E-state index contributed by atoms with van der Waals surface area (Å²) in [4.78, 5) is 19.3.